The zero-order valence-electron chi connectivity index (χ0n) is 8.06. The van der Waals surface area contributed by atoms with E-state index in [0.717, 1.165) is 18.4 Å². The molecule has 1 aromatic carbocycles. The fraction of sp³-hybridized carbons (Fsp3) is 0.273. The van der Waals surface area contributed by atoms with E-state index in [1.54, 1.807) is 18.2 Å². The Bertz CT molecular complexity index is 514. The maximum Gasteiger partial charge on any atom is 0.251 e. The number of fused-ring (bicyclic) bond motifs is 1. The van der Waals surface area contributed by atoms with Crippen molar-refractivity contribution in [1.82, 2.24) is 10.3 Å². The molecule has 1 amide bonds. The standard InChI is InChI=1S/C11H10N2O2/c14-11(13-8-2-3-8)7-1-4-9-10(5-7)15-6-12-9/h1,4-6,8H,2-3H2,(H,13,14). The fourth-order valence-electron chi connectivity index (χ4n) is 1.49. The molecule has 0 unspecified atom stereocenters. The fourth-order valence-corrected chi connectivity index (χ4v) is 1.49. The van der Waals surface area contributed by atoms with Crippen molar-refractivity contribution in [1.29, 1.82) is 0 Å². The Morgan fingerprint density at radius 3 is 3.13 bits per heavy atom. The molecule has 0 atom stereocenters. The molecule has 0 spiro atoms. The molecule has 1 heterocycles. The molecule has 1 aliphatic carbocycles. The van der Waals surface area contributed by atoms with Gasteiger partial charge in [0.05, 0.1) is 0 Å². The molecule has 15 heavy (non-hydrogen) atoms. The minimum Gasteiger partial charge on any atom is -0.443 e. The summed E-state index contributed by atoms with van der Waals surface area (Å²) in [7, 11) is 0. The molecule has 1 fully saturated rings. The highest BCUT2D eigenvalue weighted by Gasteiger charge is 2.23. The van der Waals surface area contributed by atoms with Gasteiger partial charge in [0.25, 0.3) is 5.91 Å². The minimum absolute atomic E-state index is 0.0317. The van der Waals surface area contributed by atoms with Crippen molar-refractivity contribution in [2.75, 3.05) is 0 Å². The van der Waals surface area contributed by atoms with Crippen LogP contribution in [0.2, 0.25) is 0 Å². The number of carbonyl (C=O) groups excluding carboxylic acids is 1. The number of rotatable bonds is 2. The second-order valence-corrected chi connectivity index (χ2v) is 3.78. The van der Waals surface area contributed by atoms with Crippen LogP contribution in [0.5, 0.6) is 0 Å². The summed E-state index contributed by atoms with van der Waals surface area (Å²) in [5.41, 5.74) is 2.06. The SMILES string of the molecule is O=C(NC1CC1)c1ccc2ncoc2c1. The van der Waals surface area contributed by atoms with E-state index in [0.29, 0.717) is 17.2 Å². The normalized spacial score (nSPS) is 15.5. The number of oxazole rings is 1. The van der Waals surface area contributed by atoms with Gasteiger partial charge in [0.15, 0.2) is 12.0 Å². The van der Waals surface area contributed by atoms with Gasteiger partial charge in [-0.25, -0.2) is 4.98 Å². The lowest BCUT2D eigenvalue weighted by Crippen LogP contribution is -2.25. The van der Waals surface area contributed by atoms with Gasteiger partial charge in [-0.3, -0.25) is 4.79 Å². The van der Waals surface area contributed by atoms with E-state index in [4.69, 9.17) is 4.42 Å². The van der Waals surface area contributed by atoms with E-state index in [-0.39, 0.29) is 5.91 Å². The molecule has 76 valence electrons. The first-order chi connectivity index (χ1) is 7.33. The lowest BCUT2D eigenvalue weighted by Gasteiger charge is -2.01. The molecule has 0 aliphatic heterocycles. The zero-order valence-corrected chi connectivity index (χ0v) is 8.06. The summed E-state index contributed by atoms with van der Waals surface area (Å²) in [5.74, 6) is -0.0317. The number of aromatic nitrogens is 1. The van der Waals surface area contributed by atoms with Crippen LogP contribution in [0.3, 0.4) is 0 Å². The van der Waals surface area contributed by atoms with Crippen LogP contribution < -0.4 is 5.32 Å². The van der Waals surface area contributed by atoms with Gasteiger partial charge in [0.1, 0.15) is 5.52 Å². The van der Waals surface area contributed by atoms with Crippen LogP contribution >= 0.6 is 0 Å². The van der Waals surface area contributed by atoms with Crippen LogP contribution in [0, 0.1) is 0 Å². The molecule has 4 heteroatoms. The van der Waals surface area contributed by atoms with Crippen molar-refractivity contribution in [2.24, 2.45) is 0 Å². The molecule has 1 aromatic heterocycles. The van der Waals surface area contributed by atoms with Gasteiger partial charge in [0, 0.05) is 11.6 Å². The highest BCUT2D eigenvalue weighted by atomic mass is 16.3. The smallest absolute Gasteiger partial charge is 0.251 e. The number of nitrogens with one attached hydrogen (secondary N) is 1. The number of hydrogen-bond acceptors (Lipinski definition) is 3. The Morgan fingerprint density at radius 1 is 1.47 bits per heavy atom. The van der Waals surface area contributed by atoms with Crippen LogP contribution in [-0.2, 0) is 0 Å². The summed E-state index contributed by atoms with van der Waals surface area (Å²) in [4.78, 5) is 15.7. The van der Waals surface area contributed by atoms with Crippen molar-refractivity contribution >= 4 is 17.0 Å². The summed E-state index contributed by atoms with van der Waals surface area (Å²) in [6, 6.07) is 5.66. The topological polar surface area (TPSA) is 55.1 Å². The van der Waals surface area contributed by atoms with E-state index >= 15 is 0 Å². The Balaban J connectivity index is 1.91. The maximum atomic E-state index is 11.7. The Labute approximate surface area is 86.3 Å². The molecule has 1 saturated carbocycles. The van der Waals surface area contributed by atoms with Crippen molar-refractivity contribution < 1.29 is 9.21 Å². The summed E-state index contributed by atoms with van der Waals surface area (Å²) >= 11 is 0. The van der Waals surface area contributed by atoms with Crippen LogP contribution in [0.1, 0.15) is 23.2 Å². The predicted octanol–water partition coefficient (Wildman–Crippen LogP) is 1.72. The number of nitrogens with zero attached hydrogens (tertiary/aromatic N) is 1. The minimum atomic E-state index is -0.0317. The zero-order chi connectivity index (χ0) is 10.3. The first-order valence-corrected chi connectivity index (χ1v) is 4.97. The van der Waals surface area contributed by atoms with Crippen LogP contribution in [0.4, 0.5) is 0 Å². The average molecular weight is 202 g/mol. The molecular weight excluding hydrogens is 192 g/mol. The molecule has 3 rings (SSSR count). The van der Waals surface area contributed by atoms with E-state index in [1.807, 2.05) is 0 Å². The molecule has 1 N–H and O–H groups in total. The van der Waals surface area contributed by atoms with Crippen molar-refractivity contribution in [2.45, 2.75) is 18.9 Å². The molecule has 2 aromatic rings. The summed E-state index contributed by atoms with van der Waals surface area (Å²) < 4.78 is 5.14. The van der Waals surface area contributed by atoms with Crippen LogP contribution in [0.15, 0.2) is 29.0 Å². The van der Waals surface area contributed by atoms with Gasteiger partial charge < -0.3 is 9.73 Å². The van der Waals surface area contributed by atoms with E-state index in [9.17, 15) is 4.79 Å². The van der Waals surface area contributed by atoms with Crippen LogP contribution in [-0.4, -0.2) is 16.9 Å². The molecule has 4 nitrogen and oxygen atoms in total. The molecule has 0 bridgehead atoms. The van der Waals surface area contributed by atoms with Gasteiger partial charge in [-0.15, -0.1) is 0 Å². The molecule has 0 radical (unpaired) electrons. The van der Waals surface area contributed by atoms with Crippen LogP contribution in [0.25, 0.3) is 11.1 Å². The monoisotopic (exact) mass is 202 g/mol. The second kappa shape index (κ2) is 3.08. The second-order valence-electron chi connectivity index (χ2n) is 3.78. The summed E-state index contributed by atoms with van der Waals surface area (Å²) in [6.07, 6.45) is 3.57. The van der Waals surface area contributed by atoms with Crippen molar-refractivity contribution in [3.05, 3.63) is 30.2 Å². The lowest BCUT2D eigenvalue weighted by molar-refractivity contribution is 0.0951. The van der Waals surface area contributed by atoms with Gasteiger partial charge in [-0.1, -0.05) is 0 Å². The predicted molar refractivity (Wildman–Crippen MR) is 54.5 cm³/mol. The third-order valence-electron chi connectivity index (χ3n) is 2.51. The Morgan fingerprint density at radius 2 is 2.33 bits per heavy atom. The van der Waals surface area contributed by atoms with E-state index in [2.05, 4.69) is 10.3 Å². The van der Waals surface area contributed by atoms with Gasteiger partial charge in [-0.2, -0.15) is 0 Å². The Kier molecular flexibility index (Phi) is 1.74. The van der Waals surface area contributed by atoms with Crippen molar-refractivity contribution in [3.63, 3.8) is 0 Å². The number of carbonyl (C=O) groups is 1. The molecule has 1 aliphatic rings. The number of benzene rings is 1. The maximum absolute atomic E-state index is 11.7. The summed E-state index contributed by atoms with van der Waals surface area (Å²) in [5, 5.41) is 2.93. The lowest BCUT2D eigenvalue weighted by atomic mass is 10.2. The van der Waals surface area contributed by atoms with Crippen molar-refractivity contribution in [3.8, 4) is 0 Å². The average Bonchev–Trinajstić information content (AvgIpc) is 2.94. The number of hydrogen-bond donors (Lipinski definition) is 1. The first-order valence-electron chi connectivity index (χ1n) is 4.97. The quantitative estimate of drug-likeness (QED) is 0.806. The van der Waals surface area contributed by atoms with Gasteiger partial charge in [0.2, 0.25) is 0 Å². The van der Waals surface area contributed by atoms with Gasteiger partial charge >= 0.3 is 0 Å². The third-order valence-corrected chi connectivity index (χ3v) is 2.51. The summed E-state index contributed by atoms with van der Waals surface area (Å²) in [6.45, 7) is 0. The van der Waals surface area contributed by atoms with E-state index < -0.39 is 0 Å². The first kappa shape index (κ1) is 8.47. The highest BCUT2D eigenvalue weighted by molar-refractivity contribution is 5.97. The highest BCUT2D eigenvalue weighted by Crippen LogP contribution is 2.20. The van der Waals surface area contributed by atoms with E-state index in [1.165, 1.54) is 6.39 Å². The largest absolute Gasteiger partial charge is 0.443 e. The molecular formula is C11H10N2O2. The number of amides is 1. The Hall–Kier alpha value is -1.84. The van der Waals surface area contributed by atoms with Gasteiger partial charge in [-0.05, 0) is 31.0 Å². The third kappa shape index (κ3) is 1.58. The molecule has 0 saturated heterocycles.